The van der Waals surface area contributed by atoms with Crippen LogP contribution >= 0.6 is 0 Å². The molecule has 108 valence electrons. The van der Waals surface area contributed by atoms with E-state index in [0.717, 1.165) is 28.8 Å². The number of aryl methyl sites for hydroxylation is 3. The fraction of sp³-hybridized carbons (Fsp3) is 0.312. The molecule has 1 aromatic carbocycles. The Hall–Kier alpha value is -2.43. The van der Waals surface area contributed by atoms with Gasteiger partial charge in [0.05, 0.1) is 17.6 Å². The van der Waals surface area contributed by atoms with Gasteiger partial charge >= 0.3 is 0 Å². The molecule has 0 saturated carbocycles. The van der Waals surface area contributed by atoms with Gasteiger partial charge in [0, 0.05) is 11.9 Å². The maximum Gasteiger partial charge on any atom is 0.293 e. The van der Waals surface area contributed by atoms with E-state index in [1.165, 1.54) is 4.68 Å². The van der Waals surface area contributed by atoms with Crippen LogP contribution in [0.5, 0.6) is 0 Å². The summed E-state index contributed by atoms with van der Waals surface area (Å²) in [6.07, 6.45) is 2.60. The first-order chi connectivity index (χ1) is 10.1. The monoisotopic (exact) mass is 282 g/mol. The van der Waals surface area contributed by atoms with Crippen LogP contribution in [-0.2, 0) is 6.54 Å². The summed E-state index contributed by atoms with van der Waals surface area (Å²) < 4.78 is 3.27. The number of benzene rings is 1. The van der Waals surface area contributed by atoms with E-state index >= 15 is 0 Å². The van der Waals surface area contributed by atoms with Gasteiger partial charge in [0.1, 0.15) is 5.52 Å². The van der Waals surface area contributed by atoms with Crippen LogP contribution in [0.2, 0.25) is 0 Å². The molecule has 0 atom stereocenters. The molecule has 0 fully saturated rings. The fourth-order valence-corrected chi connectivity index (χ4v) is 2.57. The first-order valence-electron chi connectivity index (χ1n) is 7.15. The molecular weight excluding hydrogens is 264 g/mol. The second kappa shape index (κ2) is 5.16. The van der Waals surface area contributed by atoms with E-state index in [9.17, 15) is 4.79 Å². The van der Waals surface area contributed by atoms with Crippen LogP contribution in [0.4, 0.5) is 0 Å². The number of nitrogens with zero attached hydrogens (tertiary/aromatic N) is 4. The van der Waals surface area contributed by atoms with Gasteiger partial charge in [-0.15, -0.1) is 0 Å². The molecular formula is C16H18N4O. The SMILES string of the molecule is CCCn1nc(C)c2cnn(-c3ccccc3C)c2c1=O. The minimum absolute atomic E-state index is 0.0850. The van der Waals surface area contributed by atoms with Crippen LogP contribution in [0.15, 0.2) is 35.3 Å². The van der Waals surface area contributed by atoms with E-state index in [0.29, 0.717) is 12.1 Å². The normalized spacial score (nSPS) is 11.2. The number of hydrogen-bond acceptors (Lipinski definition) is 3. The highest BCUT2D eigenvalue weighted by Gasteiger charge is 2.15. The van der Waals surface area contributed by atoms with E-state index in [4.69, 9.17) is 0 Å². The van der Waals surface area contributed by atoms with Gasteiger partial charge in [-0.1, -0.05) is 25.1 Å². The van der Waals surface area contributed by atoms with Crippen molar-refractivity contribution >= 4 is 10.9 Å². The molecule has 0 spiro atoms. The zero-order valence-corrected chi connectivity index (χ0v) is 12.5. The largest absolute Gasteiger partial charge is 0.293 e. The molecule has 0 N–H and O–H groups in total. The Labute approximate surface area is 122 Å². The average molecular weight is 282 g/mol. The van der Waals surface area contributed by atoms with Gasteiger partial charge in [0.2, 0.25) is 0 Å². The van der Waals surface area contributed by atoms with Crippen LogP contribution in [0.3, 0.4) is 0 Å². The van der Waals surface area contributed by atoms with E-state index in [-0.39, 0.29) is 5.56 Å². The van der Waals surface area contributed by atoms with Crippen molar-refractivity contribution in [2.24, 2.45) is 0 Å². The van der Waals surface area contributed by atoms with E-state index in [2.05, 4.69) is 10.2 Å². The smallest absolute Gasteiger partial charge is 0.265 e. The van der Waals surface area contributed by atoms with Gasteiger partial charge in [-0.2, -0.15) is 10.2 Å². The predicted molar refractivity (Wildman–Crippen MR) is 82.9 cm³/mol. The topological polar surface area (TPSA) is 52.7 Å². The highest BCUT2D eigenvalue weighted by atomic mass is 16.1. The summed E-state index contributed by atoms with van der Waals surface area (Å²) in [7, 11) is 0. The molecule has 0 aliphatic heterocycles. The highest BCUT2D eigenvalue weighted by molar-refractivity contribution is 5.81. The van der Waals surface area contributed by atoms with Crippen molar-refractivity contribution in [2.45, 2.75) is 33.7 Å². The molecule has 21 heavy (non-hydrogen) atoms. The van der Waals surface area contributed by atoms with Crippen molar-refractivity contribution in [3.8, 4) is 5.69 Å². The molecule has 0 aliphatic carbocycles. The van der Waals surface area contributed by atoms with Crippen molar-refractivity contribution in [3.05, 3.63) is 52.1 Å². The molecule has 3 rings (SSSR count). The summed E-state index contributed by atoms with van der Waals surface area (Å²) in [4.78, 5) is 12.7. The lowest BCUT2D eigenvalue weighted by Gasteiger charge is -2.09. The average Bonchev–Trinajstić information content (AvgIpc) is 2.90. The maximum absolute atomic E-state index is 12.7. The van der Waals surface area contributed by atoms with Crippen LogP contribution in [0, 0.1) is 13.8 Å². The third kappa shape index (κ3) is 2.14. The number of aromatic nitrogens is 4. The number of fused-ring (bicyclic) bond motifs is 1. The number of para-hydroxylation sites is 1. The zero-order chi connectivity index (χ0) is 15.0. The summed E-state index contributed by atoms with van der Waals surface area (Å²) in [6, 6.07) is 7.92. The minimum atomic E-state index is -0.0850. The van der Waals surface area contributed by atoms with Gasteiger partial charge in [0.15, 0.2) is 0 Å². The first kappa shape index (κ1) is 13.5. The lowest BCUT2D eigenvalue weighted by molar-refractivity contribution is 0.565. The van der Waals surface area contributed by atoms with Gasteiger partial charge in [-0.25, -0.2) is 9.36 Å². The van der Waals surface area contributed by atoms with Crippen LogP contribution in [-0.4, -0.2) is 19.6 Å². The van der Waals surface area contributed by atoms with Crippen LogP contribution in [0.1, 0.15) is 24.6 Å². The van der Waals surface area contributed by atoms with E-state index in [1.807, 2.05) is 45.0 Å². The van der Waals surface area contributed by atoms with Gasteiger partial charge in [0.25, 0.3) is 5.56 Å². The van der Waals surface area contributed by atoms with Crippen LogP contribution < -0.4 is 5.56 Å². The van der Waals surface area contributed by atoms with Gasteiger partial charge in [-0.3, -0.25) is 4.79 Å². The molecule has 0 amide bonds. The van der Waals surface area contributed by atoms with Crippen molar-refractivity contribution < 1.29 is 0 Å². The maximum atomic E-state index is 12.7. The summed E-state index contributed by atoms with van der Waals surface area (Å²) in [6.45, 7) is 6.58. The molecule has 3 aromatic rings. The highest BCUT2D eigenvalue weighted by Crippen LogP contribution is 2.19. The molecule has 2 heterocycles. The molecule has 5 nitrogen and oxygen atoms in total. The summed E-state index contributed by atoms with van der Waals surface area (Å²) >= 11 is 0. The Morgan fingerprint density at radius 1 is 1.19 bits per heavy atom. The van der Waals surface area contributed by atoms with E-state index < -0.39 is 0 Å². The van der Waals surface area contributed by atoms with Crippen molar-refractivity contribution in [3.63, 3.8) is 0 Å². The third-order valence-electron chi connectivity index (χ3n) is 3.65. The standard InChI is InChI=1S/C16H18N4O/c1-4-9-19-16(21)15-13(12(3)18-19)10-17-20(15)14-8-6-5-7-11(14)2/h5-8,10H,4,9H2,1-3H3. The number of hydrogen-bond donors (Lipinski definition) is 0. The fourth-order valence-electron chi connectivity index (χ4n) is 2.57. The lowest BCUT2D eigenvalue weighted by atomic mass is 10.2. The van der Waals surface area contributed by atoms with Gasteiger partial charge < -0.3 is 0 Å². The van der Waals surface area contributed by atoms with E-state index in [1.54, 1.807) is 10.9 Å². The van der Waals surface area contributed by atoms with Crippen LogP contribution in [0.25, 0.3) is 16.6 Å². The first-order valence-corrected chi connectivity index (χ1v) is 7.15. The molecule has 5 heteroatoms. The molecule has 2 aromatic heterocycles. The van der Waals surface area contributed by atoms with Crippen molar-refractivity contribution in [1.82, 2.24) is 19.6 Å². The minimum Gasteiger partial charge on any atom is -0.265 e. The Morgan fingerprint density at radius 3 is 2.67 bits per heavy atom. The molecule has 0 aliphatic rings. The second-order valence-electron chi connectivity index (χ2n) is 5.22. The predicted octanol–water partition coefficient (Wildman–Crippen LogP) is 2.61. The summed E-state index contributed by atoms with van der Waals surface area (Å²) in [5.74, 6) is 0. The zero-order valence-electron chi connectivity index (χ0n) is 12.5. The second-order valence-corrected chi connectivity index (χ2v) is 5.22. The Balaban J connectivity index is 2.36. The number of rotatable bonds is 3. The van der Waals surface area contributed by atoms with Crippen molar-refractivity contribution in [1.29, 1.82) is 0 Å². The quantitative estimate of drug-likeness (QED) is 0.742. The van der Waals surface area contributed by atoms with Crippen molar-refractivity contribution in [2.75, 3.05) is 0 Å². The van der Waals surface area contributed by atoms with Gasteiger partial charge in [-0.05, 0) is 31.9 Å². The third-order valence-corrected chi connectivity index (χ3v) is 3.65. The molecule has 0 unspecified atom stereocenters. The molecule has 0 radical (unpaired) electrons. The molecule has 0 saturated heterocycles. The summed E-state index contributed by atoms with van der Waals surface area (Å²) in [5, 5.41) is 9.60. The Bertz CT molecular complexity index is 860. The lowest BCUT2D eigenvalue weighted by Crippen LogP contribution is -2.25. The summed E-state index contributed by atoms with van der Waals surface area (Å²) in [5.41, 5.74) is 3.36. The Morgan fingerprint density at radius 2 is 1.95 bits per heavy atom. The molecule has 0 bridgehead atoms. The Kier molecular flexibility index (Phi) is 3.33.